The van der Waals surface area contributed by atoms with Crippen LogP contribution >= 0.6 is 0 Å². The number of benzene rings is 1. The summed E-state index contributed by atoms with van der Waals surface area (Å²) in [6, 6.07) is 11.8. The number of hydrogen-bond acceptors (Lipinski definition) is 4. The molecular formula is C18H21N3O. The molecule has 0 radical (unpaired) electrons. The smallest absolute Gasteiger partial charge is 0.144 e. The fraction of sp³-hybridized carbons (Fsp3) is 0.333. The zero-order valence-corrected chi connectivity index (χ0v) is 13.5. The number of aryl methyl sites for hydroxylation is 1. The van der Waals surface area contributed by atoms with E-state index in [0.717, 1.165) is 16.9 Å². The Labute approximate surface area is 131 Å². The molecule has 0 saturated carbocycles. The minimum absolute atomic E-state index is 0.259. The molecule has 0 aliphatic rings. The van der Waals surface area contributed by atoms with Crippen molar-refractivity contribution >= 4 is 5.82 Å². The van der Waals surface area contributed by atoms with Crippen molar-refractivity contribution in [1.29, 1.82) is 5.26 Å². The van der Waals surface area contributed by atoms with Crippen LogP contribution in [0, 0.1) is 18.3 Å². The van der Waals surface area contributed by atoms with Gasteiger partial charge in [-0.15, -0.1) is 0 Å². The molecule has 0 fully saturated rings. The van der Waals surface area contributed by atoms with Crippen LogP contribution in [0.25, 0.3) is 0 Å². The molecule has 1 aromatic carbocycles. The van der Waals surface area contributed by atoms with Gasteiger partial charge in [0, 0.05) is 18.3 Å². The lowest BCUT2D eigenvalue weighted by atomic mass is 10.1. The Morgan fingerprint density at radius 2 is 2.05 bits per heavy atom. The second kappa shape index (κ2) is 6.48. The van der Waals surface area contributed by atoms with Crippen molar-refractivity contribution in [3.8, 4) is 11.8 Å². The predicted molar refractivity (Wildman–Crippen MR) is 87.8 cm³/mol. The average Bonchev–Trinajstić information content (AvgIpc) is 2.45. The van der Waals surface area contributed by atoms with Crippen molar-refractivity contribution in [2.24, 2.45) is 0 Å². The Bertz CT molecular complexity index is 696. The van der Waals surface area contributed by atoms with Gasteiger partial charge in [0.2, 0.25) is 0 Å². The molecule has 2 aromatic rings. The number of rotatable bonds is 4. The maximum absolute atomic E-state index is 9.10. The Kier molecular flexibility index (Phi) is 4.67. The topological polar surface area (TPSA) is 57.9 Å². The Morgan fingerprint density at radius 3 is 2.73 bits per heavy atom. The molecule has 4 nitrogen and oxygen atoms in total. The first-order valence-electron chi connectivity index (χ1n) is 7.26. The van der Waals surface area contributed by atoms with Gasteiger partial charge in [0.05, 0.1) is 5.56 Å². The van der Waals surface area contributed by atoms with Gasteiger partial charge >= 0.3 is 0 Å². The SMILES string of the molecule is Cc1ccc(CNc2ncccc2C#N)c(OC(C)(C)C)c1. The molecule has 0 saturated heterocycles. The lowest BCUT2D eigenvalue weighted by Gasteiger charge is -2.24. The summed E-state index contributed by atoms with van der Waals surface area (Å²) >= 11 is 0. The molecule has 114 valence electrons. The van der Waals surface area contributed by atoms with Crippen LogP contribution in [0.3, 0.4) is 0 Å². The number of nitriles is 1. The van der Waals surface area contributed by atoms with E-state index in [1.807, 2.05) is 39.8 Å². The summed E-state index contributed by atoms with van der Waals surface area (Å²) in [4.78, 5) is 4.21. The standard InChI is InChI=1S/C18H21N3O/c1-13-7-8-15(16(10-13)22-18(2,3)4)12-21-17-14(11-19)6-5-9-20-17/h5-10H,12H2,1-4H3,(H,20,21). The van der Waals surface area contributed by atoms with Crippen LogP contribution < -0.4 is 10.1 Å². The third-order valence-electron chi connectivity index (χ3n) is 3.01. The number of anilines is 1. The second-order valence-corrected chi connectivity index (χ2v) is 6.19. The van der Waals surface area contributed by atoms with Crippen LogP contribution in [0.4, 0.5) is 5.82 Å². The summed E-state index contributed by atoms with van der Waals surface area (Å²) in [7, 11) is 0. The quantitative estimate of drug-likeness (QED) is 0.924. The number of nitrogens with one attached hydrogen (secondary N) is 1. The van der Waals surface area contributed by atoms with Crippen LogP contribution in [-0.2, 0) is 6.54 Å². The Morgan fingerprint density at radius 1 is 1.27 bits per heavy atom. The monoisotopic (exact) mass is 295 g/mol. The number of aromatic nitrogens is 1. The molecule has 0 spiro atoms. The minimum atomic E-state index is -0.259. The fourth-order valence-corrected chi connectivity index (χ4v) is 2.05. The summed E-state index contributed by atoms with van der Waals surface area (Å²) in [5.74, 6) is 1.45. The van der Waals surface area contributed by atoms with Crippen molar-refractivity contribution in [2.75, 3.05) is 5.32 Å². The van der Waals surface area contributed by atoms with E-state index < -0.39 is 0 Å². The van der Waals surface area contributed by atoms with Crippen LogP contribution in [0.5, 0.6) is 5.75 Å². The first-order valence-corrected chi connectivity index (χ1v) is 7.26. The molecule has 0 unspecified atom stereocenters. The maximum atomic E-state index is 9.10. The molecule has 4 heteroatoms. The molecule has 0 atom stereocenters. The zero-order valence-electron chi connectivity index (χ0n) is 13.5. The highest BCUT2D eigenvalue weighted by atomic mass is 16.5. The van der Waals surface area contributed by atoms with Gasteiger partial charge in [-0.3, -0.25) is 0 Å². The number of pyridine rings is 1. The van der Waals surface area contributed by atoms with Gasteiger partial charge in [-0.1, -0.05) is 12.1 Å². The summed E-state index contributed by atoms with van der Waals surface area (Å²) in [5, 5.41) is 12.3. The van der Waals surface area contributed by atoms with E-state index in [0.29, 0.717) is 17.9 Å². The van der Waals surface area contributed by atoms with Crippen molar-refractivity contribution in [2.45, 2.75) is 39.8 Å². The minimum Gasteiger partial charge on any atom is -0.488 e. The normalized spacial score (nSPS) is 10.9. The predicted octanol–water partition coefficient (Wildman–Crippen LogP) is 4.05. The molecule has 0 amide bonds. The molecule has 1 aromatic heterocycles. The van der Waals surface area contributed by atoms with Gasteiger partial charge < -0.3 is 10.1 Å². The average molecular weight is 295 g/mol. The van der Waals surface area contributed by atoms with E-state index in [-0.39, 0.29) is 5.60 Å². The van der Waals surface area contributed by atoms with E-state index in [9.17, 15) is 0 Å². The van der Waals surface area contributed by atoms with Gasteiger partial charge in [-0.25, -0.2) is 4.98 Å². The van der Waals surface area contributed by atoms with E-state index in [4.69, 9.17) is 10.00 Å². The van der Waals surface area contributed by atoms with Gasteiger partial charge in [0.1, 0.15) is 23.2 Å². The maximum Gasteiger partial charge on any atom is 0.144 e. The van der Waals surface area contributed by atoms with E-state index in [2.05, 4.69) is 22.4 Å². The summed E-state index contributed by atoms with van der Waals surface area (Å²) in [6.45, 7) is 8.67. The molecule has 2 rings (SSSR count). The van der Waals surface area contributed by atoms with E-state index in [1.165, 1.54) is 0 Å². The lowest BCUT2D eigenvalue weighted by molar-refractivity contribution is 0.129. The lowest BCUT2D eigenvalue weighted by Crippen LogP contribution is -2.24. The Hall–Kier alpha value is -2.54. The highest BCUT2D eigenvalue weighted by Gasteiger charge is 2.15. The molecule has 0 aliphatic carbocycles. The number of ether oxygens (including phenoxy) is 1. The zero-order chi connectivity index (χ0) is 16.2. The van der Waals surface area contributed by atoms with Gasteiger partial charge in [0.15, 0.2) is 0 Å². The van der Waals surface area contributed by atoms with Crippen molar-refractivity contribution < 1.29 is 4.74 Å². The third kappa shape index (κ3) is 4.23. The first kappa shape index (κ1) is 15.8. The second-order valence-electron chi connectivity index (χ2n) is 6.19. The summed E-state index contributed by atoms with van der Waals surface area (Å²) in [6.07, 6.45) is 1.67. The van der Waals surface area contributed by atoms with Crippen LogP contribution in [0.1, 0.15) is 37.5 Å². The summed E-state index contributed by atoms with van der Waals surface area (Å²) < 4.78 is 6.03. The molecular weight excluding hydrogens is 274 g/mol. The Balaban J connectivity index is 2.21. The molecule has 1 N–H and O–H groups in total. The van der Waals surface area contributed by atoms with Gasteiger partial charge in [-0.2, -0.15) is 5.26 Å². The highest BCUT2D eigenvalue weighted by Crippen LogP contribution is 2.25. The highest BCUT2D eigenvalue weighted by molar-refractivity contribution is 5.52. The van der Waals surface area contributed by atoms with Crippen LogP contribution in [0.15, 0.2) is 36.5 Å². The molecule has 0 bridgehead atoms. The third-order valence-corrected chi connectivity index (χ3v) is 3.01. The molecule has 22 heavy (non-hydrogen) atoms. The fourth-order valence-electron chi connectivity index (χ4n) is 2.05. The van der Waals surface area contributed by atoms with Gasteiger partial charge in [0.25, 0.3) is 0 Å². The molecule has 1 heterocycles. The molecule has 0 aliphatic heterocycles. The van der Waals surface area contributed by atoms with Crippen molar-refractivity contribution in [1.82, 2.24) is 4.98 Å². The first-order chi connectivity index (χ1) is 10.4. The van der Waals surface area contributed by atoms with Crippen LogP contribution in [-0.4, -0.2) is 10.6 Å². The van der Waals surface area contributed by atoms with E-state index >= 15 is 0 Å². The largest absolute Gasteiger partial charge is 0.488 e. The van der Waals surface area contributed by atoms with Crippen molar-refractivity contribution in [3.63, 3.8) is 0 Å². The van der Waals surface area contributed by atoms with Crippen molar-refractivity contribution in [3.05, 3.63) is 53.2 Å². The van der Waals surface area contributed by atoms with E-state index in [1.54, 1.807) is 18.3 Å². The number of hydrogen-bond donors (Lipinski definition) is 1. The summed E-state index contributed by atoms with van der Waals surface area (Å²) in [5.41, 5.74) is 2.47. The number of nitrogens with zero attached hydrogens (tertiary/aromatic N) is 2. The van der Waals surface area contributed by atoms with Crippen LogP contribution in [0.2, 0.25) is 0 Å². The van der Waals surface area contributed by atoms with Gasteiger partial charge in [-0.05, 0) is 51.5 Å².